The number of hydrogen-bond donors (Lipinski definition) is 1. The van der Waals surface area contributed by atoms with Crippen LogP contribution in [0.1, 0.15) is 23.1 Å². The molecule has 3 heteroatoms. The van der Waals surface area contributed by atoms with E-state index in [1.54, 1.807) is 0 Å². The first-order chi connectivity index (χ1) is 8.84. The largest absolute Gasteiger partial charge is 0.492 e. The number of hydrogen-bond acceptors (Lipinski definition) is 3. The molecule has 0 unspecified atom stereocenters. The van der Waals surface area contributed by atoms with Gasteiger partial charge in [0, 0.05) is 11.1 Å². The molecule has 2 aromatic carbocycles. The number of ether oxygens (including phenoxy) is 2. The lowest BCUT2D eigenvalue weighted by atomic mass is 9.87. The van der Waals surface area contributed by atoms with E-state index < -0.39 is 6.10 Å². The molecule has 18 heavy (non-hydrogen) atoms. The van der Waals surface area contributed by atoms with Crippen LogP contribution in [0.2, 0.25) is 0 Å². The number of aliphatic hydroxyl groups excluding tert-OH is 1. The first kappa shape index (κ1) is 9.97. The van der Waals surface area contributed by atoms with Gasteiger partial charge in [0.15, 0.2) is 11.5 Å². The maximum atomic E-state index is 10.5. The Kier molecular flexibility index (Phi) is 1.94. The van der Waals surface area contributed by atoms with Crippen LogP contribution in [-0.4, -0.2) is 11.7 Å². The van der Waals surface area contributed by atoms with Crippen LogP contribution >= 0.6 is 0 Å². The van der Waals surface area contributed by atoms with Gasteiger partial charge < -0.3 is 14.6 Å². The molecule has 4 rings (SSSR count). The Morgan fingerprint density at radius 3 is 2.67 bits per heavy atom. The molecular weight excluding hydrogens is 228 g/mol. The average Bonchev–Trinajstić information content (AvgIpc) is 3.19. The zero-order valence-corrected chi connectivity index (χ0v) is 9.67. The van der Waals surface area contributed by atoms with Crippen molar-refractivity contribution in [2.45, 2.75) is 12.0 Å². The fourth-order valence-corrected chi connectivity index (χ4v) is 2.61. The highest BCUT2D eigenvalue weighted by Gasteiger charge is 2.36. The predicted molar refractivity (Wildman–Crippen MR) is 66.2 cm³/mol. The summed E-state index contributed by atoms with van der Waals surface area (Å²) in [6.07, 6.45) is -0.536. The van der Waals surface area contributed by atoms with Crippen LogP contribution in [0.3, 0.4) is 0 Å². The second kappa shape index (κ2) is 3.50. The van der Waals surface area contributed by atoms with Crippen LogP contribution < -0.4 is 9.47 Å². The van der Waals surface area contributed by atoms with E-state index in [1.807, 2.05) is 42.5 Å². The number of aliphatic hydroxyl groups is 1. The molecule has 1 N–H and O–H groups in total. The lowest BCUT2D eigenvalue weighted by molar-refractivity contribution is 0.0888. The van der Waals surface area contributed by atoms with Crippen LogP contribution in [0.15, 0.2) is 42.5 Å². The van der Waals surface area contributed by atoms with E-state index in [0.717, 1.165) is 28.4 Å². The van der Waals surface area contributed by atoms with Crippen LogP contribution in [-0.2, 0) is 0 Å². The van der Waals surface area contributed by atoms with Crippen molar-refractivity contribution in [2.75, 3.05) is 6.61 Å². The minimum atomic E-state index is -0.536. The lowest BCUT2D eigenvalue weighted by Gasteiger charge is -2.30. The molecule has 0 aliphatic carbocycles. The van der Waals surface area contributed by atoms with Crippen molar-refractivity contribution in [3.05, 3.63) is 53.6 Å². The highest BCUT2D eigenvalue weighted by molar-refractivity contribution is 5.61. The van der Waals surface area contributed by atoms with Crippen LogP contribution in [0.5, 0.6) is 17.2 Å². The molecule has 0 saturated carbocycles. The molecule has 0 amide bonds. The summed E-state index contributed by atoms with van der Waals surface area (Å²) in [4.78, 5) is 0. The van der Waals surface area contributed by atoms with E-state index >= 15 is 0 Å². The zero-order valence-electron chi connectivity index (χ0n) is 9.67. The molecular formula is C15H12O3. The molecule has 2 heterocycles. The Morgan fingerprint density at radius 1 is 0.944 bits per heavy atom. The number of rotatable bonds is 1. The van der Waals surface area contributed by atoms with Crippen molar-refractivity contribution in [1.82, 2.24) is 0 Å². The smallest absolute Gasteiger partial charge is 0.173 e. The fourth-order valence-electron chi connectivity index (χ4n) is 2.61. The van der Waals surface area contributed by atoms with Gasteiger partial charge in [0.05, 0.1) is 18.6 Å². The zero-order chi connectivity index (χ0) is 12.1. The van der Waals surface area contributed by atoms with E-state index in [0.29, 0.717) is 6.61 Å². The molecule has 2 aromatic rings. The third-order valence-corrected chi connectivity index (χ3v) is 3.62. The Balaban J connectivity index is 1.76. The van der Waals surface area contributed by atoms with Crippen LogP contribution in [0, 0.1) is 0 Å². The van der Waals surface area contributed by atoms with Gasteiger partial charge in [-0.05, 0) is 12.1 Å². The van der Waals surface area contributed by atoms with Gasteiger partial charge in [-0.1, -0.05) is 30.3 Å². The highest BCUT2D eigenvalue weighted by Crippen LogP contribution is 2.53. The van der Waals surface area contributed by atoms with Crippen molar-refractivity contribution < 1.29 is 14.6 Å². The summed E-state index contributed by atoms with van der Waals surface area (Å²) in [6.45, 7) is 0.484. The maximum absolute atomic E-state index is 10.5. The third kappa shape index (κ3) is 1.34. The maximum Gasteiger partial charge on any atom is 0.173 e. The monoisotopic (exact) mass is 240 g/mol. The molecule has 2 aliphatic heterocycles. The van der Waals surface area contributed by atoms with Crippen molar-refractivity contribution in [3.8, 4) is 17.2 Å². The van der Waals surface area contributed by atoms with Gasteiger partial charge in [0.2, 0.25) is 0 Å². The molecule has 2 aliphatic rings. The van der Waals surface area contributed by atoms with E-state index in [9.17, 15) is 5.11 Å². The molecule has 2 atom stereocenters. The minimum absolute atomic E-state index is 0.0580. The van der Waals surface area contributed by atoms with Gasteiger partial charge in [0.1, 0.15) is 5.75 Å². The normalized spacial score (nSPS) is 23.4. The SMILES string of the molecule is O[C@@H]1c2ccccc2OC[C@H]1c1cccc2c1O2. The van der Waals surface area contributed by atoms with E-state index in [2.05, 4.69) is 0 Å². The number of fused-ring (bicyclic) bond motifs is 2. The third-order valence-electron chi connectivity index (χ3n) is 3.62. The molecule has 0 radical (unpaired) electrons. The predicted octanol–water partition coefficient (Wildman–Crippen LogP) is 3.00. The summed E-state index contributed by atoms with van der Waals surface area (Å²) in [5.41, 5.74) is 1.89. The van der Waals surface area contributed by atoms with Gasteiger partial charge in [-0.3, -0.25) is 0 Å². The molecule has 0 fully saturated rings. The van der Waals surface area contributed by atoms with E-state index in [1.165, 1.54) is 0 Å². The average molecular weight is 240 g/mol. The van der Waals surface area contributed by atoms with Gasteiger partial charge in [-0.2, -0.15) is 0 Å². The molecule has 3 nitrogen and oxygen atoms in total. The summed E-state index contributed by atoms with van der Waals surface area (Å²) in [5, 5.41) is 10.5. The summed E-state index contributed by atoms with van der Waals surface area (Å²) in [5.74, 6) is 2.54. The molecule has 0 aromatic heterocycles. The highest BCUT2D eigenvalue weighted by atomic mass is 16.6. The molecule has 90 valence electrons. The second-order valence-corrected chi connectivity index (χ2v) is 4.68. The standard InChI is InChI=1S/C15H12O3/c16-14-10-4-1-2-6-12(10)17-8-11(14)9-5-3-7-13-15(9)18-13/h1-7,11,14,16H,8H2/t11-,14+/m0/s1. The van der Waals surface area contributed by atoms with Gasteiger partial charge in [-0.25, -0.2) is 0 Å². The molecule has 0 spiro atoms. The van der Waals surface area contributed by atoms with Crippen molar-refractivity contribution in [3.63, 3.8) is 0 Å². The summed E-state index contributed by atoms with van der Waals surface area (Å²) in [6, 6.07) is 13.5. The minimum Gasteiger partial charge on any atom is -0.492 e. The first-order valence-electron chi connectivity index (χ1n) is 6.05. The summed E-state index contributed by atoms with van der Waals surface area (Å²) < 4.78 is 11.1. The Hall–Kier alpha value is -2.00. The molecule has 0 saturated heterocycles. The topological polar surface area (TPSA) is 42.0 Å². The van der Waals surface area contributed by atoms with Crippen molar-refractivity contribution in [2.24, 2.45) is 0 Å². The van der Waals surface area contributed by atoms with E-state index in [-0.39, 0.29) is 5.92 Å². The van der Waals surface area contributed by atoms with Crippen molar-refractivity contribution >= 4 is 0 Å². The van der Waals surface area contributed by atoms with Gasteiger partial charge >= 0.3 is 0 Å². The summed E-state index contributed by atoms with van der Waals surface area (Å²) >= 11 is 0. The number of benzene rings is 2. The van der Waals surface area contributed by atoms with Crippen LogP contribution in [0.25, 0.3) is 0 Å². The molecule has 0 bridgehead atoms. The van der Waals surface area contributed by atoms with Gasteiger partial charge in [0.25, 0.3) is 0 Å². The first-order valence-corrected chi connectivity index (χ1v) is 6.05. The second-order valence-electron chi connectivity index (χ2n) is 4.68. The lowest BCUT2D eigenvalue weighted by Crippen LogP contribution is -2.23. The fraction of sp³-hybridized carbons (Fsp3) is 0.200. The Labute approximate surface area is 105 Å². The number of para-hydroxylation sites is 2. The Morgan fingerprint density at radius 2 is 1.72 bits per heavy atom. The van der Waals surface area contributed by atoms with Crippen LogP contribution in [0.4, 0.5) is 0 Å². The Bertz CT molecular complexity index is 621. The van der Waals surface area contributed by atoms with Gasteiger partial charge in [-0.15, -0.1) is 0 Å². The quantitative estimate of drug-likeness (QED) is 0.665. The van der Waals surface area contributed by atoms with Crippen molar-refractivity contribution in [1.29, 1.82) is 0 Å². The van der Waals surface area contributed by atoms with E-state index in [4.69, 9.17) is 9.47 Å². The summed E-state index contributed by atoms with van der Waals surface area (Å²) in [7, 11) is 0.